The monoisotopic (exact) mass is 559 g/mol. The summed E-state index contributed by atoms with van der Waals surface area (Å²) in [5.74, 6) is -2.62. The summed E-state index contributed by atoms with van der Waals surface area (Å²) < 4.78 is 56.8. The molecule has 0 unspecified atom stereocenters. The van der Waals surface area contributed by atoms with Crippen LogP contribution in [0.15, 0.2) is 34.2 Å². The van der Waals surface area contributed by atoms with Crippen LogP contribution in [0.25, 0.3) is 0 Å². The summed E-state index contributed by atoms with van der Waals surface area (Å²) in [5, 5.41) is 4.51. The highest BCUT2D eigenvalue weighted by Crippen LogP contribution is 2.40. The molecule has 3 N–H and O–H groups in total. The number of benzene rings is 1. The normalized spacial score (nSPS) is 20.4. The van der Waals surface area contributed by atoms with E-state index >= 15 is 0 Å². The summed E-state index contributed by atoms with van der Waals surface area (Å²) in [6.45, 7) is 2.74. The van der Waals surface area contributed by atoms with Crippen LogP contribution in [-0.2, 0) is 16.6 Å². The second kappa shape index (κ2) is 10.6. The van der Waals surface area contributed by atoms with Gasteiger partial charge in [0.1, 0.15) is 17.6 Å². The first-order valence-electron chi connectivity index (χ1n) is 11.3. The van der Waals surface area contributed by atoms with Gasteiger partial charge in [0, 0.05) is 49.7 Å². The second-order valence-electron chi connectivity index (χ2n) is 9.04. The molecule has 0 aliphatic carbocycles. The van der Waals surface area contributed by atoms with E-state index in [-0.39, 0.29) is 36.8 Å². The Kier molecular flexibility index (Phi) is 7.81. The molecule has 3 heterocycles. The predicted octanol–water partition coefficient (Wildman–Crippen LogP) is 3.32. The minimum atomic E-state index is -4.65. The van der Waals surface area contributed by atoms with Gasteiger partial charge in [0.2, 0.25) is 0 Å². The first-order chi connectivity index (χ1) is 17.3. The maximum Gasteiger partial charge on any atom is 0.408 e. The van der Waals surface area contributed by atoms with Crippen molar-refractivity contribution in [2.24, 2.45) is 13.0 Å². The third kappa shape index (κ3) is 5.91. The number of nitrogens with one attached hydrogen (secondary N) is 3. The third-order valence-corrected chi connectivity index (χ3v) is 8.63. The molecule has 3 amide bonds. The van der Waals surface area contributed by atoms with Crippen molar-refractivity contribution >= 4 is 47.1 Å². The van der Waals surface area contributed by atoms with Crippen LogP contribution in [-0.4, -0.2) is 64.3 Å². The van der Waals surface area contributed by atoms with Crippen molar-refractivity contribution in [3.8, 4) is 0 Å². The minimum Gasteiger partial charge on any atom is -0.344 e. The molecule has 2 aliphatic heterocycles. The number of halogens is 4. The van der Waals surface area contributed by atoms with E-state index in [1.807, 2.05) is 0 Å². The molecule has 0 radical (unpaired) electrons. The molecule has 2 aliphatic rings. The number of alkyl halides is 3. The molecule has 3 atom stereocenters. The van der Waals surface area contributed by atoms with Crippen molar-refractivity contribution in [2.75, 3.05) is 24.2 Å². The number of hydrogen-bond acceptors (Lipinski definition) is 6. The standard InChI is InChI=1S/C23H25F4N5O3S2/c1-11-6-14(4-5-15(11)24)29-20(33)18-19-17(9-31(18)3)37-30-16-8-32(7-13(16)10-36-19)22(35)21(34)28-12(2)23(25,26)27/h4-6,9,12-13,16,30H,7-8,10H2,1-3H3,(H,28,34)(H,29,33)/t12-,13+,16+/m1/s1. The van der Waals surface area contributed by atoms with Gasteiger partial charge in [-0.2, -0.15) is 13.2 Å². The first-order valence-corrected chi connectivity index (χ1v) is 13.1. The number of aryl methyl sites for hydroxylation is 2. The zero-order chi connectivity index (χ0) is 27.1. The first kappa shape index (κ1) is 27.3. The molecule has 37 heavy (non-hydrogen) atoms. The molecule has 1 aromatic heterocycles. The van der Waals surface area contributed by atoms with Gasteiger partial charge in [-0.15, -0.1) is 11.8 Å². The fourth-order valence-electron chi connectivity index (χ4n) is 4.12. The Morgan fingerprint density at radius 1 is 1.22 bits per heavy atom. The summed E-state index contributed by atoms with van der Waals surface area (Å²) in [4.78, 5) is 40.5. The van der Waals surface area contributed by atoms with Crippen LogP contribution in [0.2, 0.25) is 0 Å². The third-order valence-electron chi connectivity index (χ3n) is 6.26. The van der Waals surface area contributed by atoms with Gasteiger partial charge in [-0.05, 0) is 49.6 Å². The number of anilines is 1. The quantitative estimate of drug-likeness (QED) is 0.304. The van der Waals surface area contributed by atoms with Crippen LogP contribution in [0.3, 0.4) is 0 Å². The average Bonchev–Trinajstić information content (AvgIpc) is 3.35. The highest BCUT2D eigenvalue weighted by Gasteiger charge is 2.42. The number of aromatic nitrogens is 1. The lowest BCUT2D eigenvalue weighted by Gasteiger charge is -2.22. The highest BCUT2D eigenvalue weighted by atomic mass is 32.2. The number of rotatable bonds is 3. The number of carbonyl (C=O) groups is 3. The maximum absolute atomic E-state index is 13.6. The molecule has 8 nitrogen and oxygen atoms in total. The van der Waals surface area contributed by atoms with Crippen LogP contribution in [0.4, 0.5) is 23.2 Å². The molecule has 14 heteroatoms. The Balaban J connectivity index is 1.44. The van der Waals surface area contributed by atoms with E-state index in [2.05, 4.69) is 10.0 Å². The number of fused-ring (bicyclic) bond motifs is 2. The highest BCUT2D eigenvalue weighted by molar-refractivity contribution is 8.01. The van der Waals surface area contributed by atoms with Crippen molar-refractivity contribution in [3.05, 3.63) is 41.5 Å². The summed E-state index contributed by atoms with van der Waals surface area (Å²) in [6.07, 6.45) is -2.85. The van der Waals surface area contributed by atoms with Crippen LogP contribution in [0.5, 0.6) is 0 Å². The Hall–Kier alpha value is -2.71. The van der Waals surface area contributed by atoms with Crippen molar-refractivity contribution in [2.45, 2.75) is 41.9 Å². The maximum atomic E-state index is 13.6. The number of amides is 3. The van der Waals surface area contributed by atoms with Crippen molar-refractivity contribution < 1.29 is 31.9 Å². The number of thioether (sulfide) groups is 1. The lowest BCUT2D eigenvalue weighted by Crippen LogP contribution is -2.50. The van der Waals surface area contributed by atoms with Crippen molar-refractivity contribution in [1.82, 2.24) is 19.5 Å². The Labute approximate surface area is 219 Å². The van der Waals surface area contributed by atoms with Gasteiger partial charge >= 0.3 is 18.0 Å². The van der Waals surface area contributed by atoms with Crippen molar-refractivity contribution in [1.29, 1.82) is 0 Å². The van der Waals surface area contributed by atoms with Crippen LogP contribution < -0.4 is 15.4 Å². The Morgan fingerprint density at radius 2 is 1.95 bits per heavy atom. The Morgan fingerprint density at radius 3 is 2.62 bits per heavy atom. The van der Waals surface area contributed by atoms with Gasteiger partial charge < -0.3 is 20.1 Å². The molecule has 4 rings (SSSR count). The fraction of sp³-hybridized carbons (Fsp3) is 0.435. The number of nitrogens with zero attached hydrogens (tertiary/aromatic N) is 2. The van der Waals surface area contributed by atoms with E-state index in [9.17, 15) is 31.9 Å². The summed E-state index contributed by atoms with van der Waals surface area (Å²) >= 11 is 2.73. The van der Waals surface area contributed by atoms with Gasteiger partial charge in [0.15, 0.2) is 0 Å². The largest absolute Gasteiger partial charge is 0.408 e. The van der Waals surface area contributed by atoms with Gasteiger partial charge in [-0.1, -0.05) is 0 Å². The van der Waals surface area contributed by atoms with Crippen molar-refractivity contribution in [3.63, 3.8) is 0 Å². The van der Waals surface area contributed by atoms with Crippen LogP contribution in [0.1, 0.15) is 23.0 Å². The molecular weight excluding hydrogens is 534 g/mol. The van der Waals surface area contributed by atoms with Gasteiger partial charge in [-0.25, -0.2) is 4.39 Å². The van der Waals surface area contributed by atoms with E-state index in [1.165, 1.54) is 40.7 Å². The topological polar surface area (TPSA) is 95.5 Å². The number of carbonyl (C=O) groups excluding carboxylic acids is 3. The van der Waals surface area contributed by atoms with Crippen LogP contribution in [0, 0.1) is 18.7 Å². The zero-order valence-electron chi connectivity index (χ0n) is 20.1. The van der Waals surface area contributed by atoms with Gasteiger partial charge in [0.05, 0.1) is 9.79 Å². The molecule has 1 aromatic carbocycles. The molecule has 1 saturated heterocycles. The SMILES string of the molecule is Cc1cc(NC(=O)c2c3c(cn2C)SN[C@H]2CN(C(=O)C(=O)N[C@H](C)C(F)(F)F)C[C@H]2CS3)ccc1F. The summed E-state index contributed by atoms with van der Waals surface area (Å²) in [5.41, 5.74) is 1.28. The van der Waals surface area contributed by atoms with E-state index in [0.717, 1.165) is 16.7 Å². The lowest BCUT2D eigenvalue weighted by molar-refractivity contribution is -0.162. The molecule has 0 saturated carbocycles. The fourth-order valence-corrected chi connectivity index (χ4v) is 6.65. The van der Waals surface area contributed by atoms with E-state index in [1.54, 1.807) is 36.1 Å². The van der Waals surface area contributed by atoms with E-state index in [0.29, 0.717) is 22.7 Å². The lowest BCUT2D eigenvalue weighted by atomic mass is 10.1. The zero-order valence-corrected chi connectivity index (χ0v) is 21.7. The van der Waals surface area contributed by atoms with Gasteiger partial charge in [0.25, 0.3) is 5.91 Å². The number of likely N-dealkylation sites (tertiary alicyclic amines) is 1. The molecule has 1 fully saturated rings. The van der Waals surface area contributed by atoms with E-state index < -0.39 is 24.0 Å². The van der Waals surface area contributed by atoms with Crippen LogP contribution >= 0.6 is 23.7 Å². The summed E-state index contributed by atoms with van der Waals surface area (Å²) in [7, 11) is 1.75. The second-order valence-corrected chi connectivity index (χ2v) is 11.0. The van der Waals surface area contributed by atoms with E-state index in [4.69, 9.17) is 0 Å². The Bertz CT molecular complexity index is 1240. The molecule has 0 spiro atoms. The van der Waals surface area contributed by atoms with Gasteiger partial charge in [-0.3, -0.25) is 19.1 Å². The summed E-state index contributed by atoms with van der Waals surface area (Å²) in [6, 6.07) is 1.98. The average molecular weight is 560 g/mol. The number of hydrogen-bond donors (Lipinski definition) is 3. The predicted molar refractivity (Wildman–Crippen MR) is 132 cm³/mol. The molecular formula is C23H25F4N5O3S2. The molecule has 0 bridgehead atoms. The molecule has 200 valence electrons. The smallest absolute Gasteiger partial charge is 0.344 e. The molecule has 2 aromatic rings. The minimum absolute atomic E-state index is 0.0988.